The van der Waals surface area contributed by atoms with E-state index >= 15 is 0 Å². The molecular formula is C26H19FN4O2S. The van der Waals surface area contributed by atoms with E-state index in [2.05, 4.69) is 9.97 Å². The molecule has 0 fully saturated rings. The lowest BCUT2D eigenvalue weighted by atomic mass is 10.2. The third-order valence-electron chi connectivity index (χ3n) is 5.39. The highest BCUT2D eigenvalue weighted by atomic mass is 32.1. The first-order valence-corrected chi connectivity index (χ1v) is 11.5. The molecule has 0 unspecified atom stereocenters. The van der Waals surface area contributed by atoms with Gasteiger partial charge in [0.1, 0.15) is 12.4 Å². The van der Waals surface area contributed by atoms with E-state index in [0.29, 0.717) is 28.4 Å². The van der Waals surface area contributed by atoms with Crippen LogP contribution in [-0.2, 0) is 17.9 Å². The number of hydrogen-bond donors (Lipinski definition) is 0. The Balaban J connectivity index is 1.51. The van der Waals surface area contributed by atoms with Gasteiger partial charge in [0.25, 0.3) is 5.56 Å². The van der Waals surface area contributed by atoms with Crippen LogP contribution in [0.3, 0.4) is 0 Å². The van der Waals surface area contributed by atoms with Crippen LogP contribution in [-0.4, -0.2) is 20.4 Å². The molecule has 5 aromatic rings. The van der Waals surface area contributed by atoms with Gasteiger partial charge in [-0.25, -0.2) is 14.4 Å². The predicted octanol–water partition coefficient (Wildman–Crippen LogP) is 4.89. The number of carbonyl (C=O) groups excluding carboxylic acids is 1. The minimum atomic E-state index is -0.349. The van der Waals surface area contributed by atoms with Gasteiger partial charge in [0.15, 0.2) is 5.13 Å². The molecule has 2 heterocycles. The number of thiazole rings is 1. The fraction of sp³-hybridized carbons (Fsp3) is 0.0769. The minimum absolute atomic E-state index is 0.153. The third-order valence-corrected chi connectivity index (χ3v) is 6.26. The Morgan fingerprint density at radius 3 is 2.50 bits per heavy atom. The highest BCUT2D eigenvalue weighted by molar-refractivity contribution is 7.14. The Hall–Kier alpha value is -4.17. The lowest BCUT2D eigenvalue weighted by molar-refractivity contribution is -0.119. The molecule has 0 aliphatic heterocycles. The van der Waals surface area contributed by atoms with E-state index in [0.717, 1.165) is 11.1 Å². The normalized spacial score (nSPS) is 11.0. The van der Waals surface area contributed by atoms with Gasteiger partial charge in [0.2, 0.25) is 5.91 Å². The first-order chi connectivity index (χ1) is 16.6. The molecule has 0 saturated carbocycles. The molecular weight excluding hydrogens is 451 g/mol. The molecule has 3 aromatic carbocycles. The number of fused-ring (bicyclic) bond motifs is 1. The van der Waals surface area contributed by atoms with Crippen molar-refractivity contribution in [1.82, 2.24) is 14.5 Å². The van der Waals surface area contributed by atoms with Crippen LogP contribution in [0, 0.1) is 5.82 Å². The SMILES string of the molecule is O=C(Cn1c(=O)cnc2ccccc21)N(Cc1ccccc1)c1nc(-c2ccc(F)cc2)cs1. The monoisotopic (exact) mass is 470 g/mol. The largest absolute Gasteiger partial charge is 0.296 e. The van der Waals surface area contributed by atoms with Gasteiger partial charge in [-0.05, 0) is 42.0 Å². The molecule has 1 amide bonds. The number of para-hydroxylation sites is 2. The van der Waals surface area contributed by atoms with Gasteiger partial charge in [0, 0.05) is 10.9 Å². The third kappa shape index (κ3) is 4.49. The molecule has 34 heavy (non-hydrogen) atoms. The molecule has 5 rings (SSSR count). The van der Waals surface area contributed by atoms with Crippen LogP contribution in [0.5, 0.6) is 0 Å². The van der Waals surface area contributed by atoms with Gasteiger partial charge in [-0.15, -0.1) is 11.3 Å². The van der Waals surface area contributed by atoms with Gasteiger partial charge >= 0.3 is 0 Å². The van der Waals surface area contributed by atoms with E-state index in [4.69, 9.17) is 0 Å². The Labute approximate surface area is 198 Å². The van der Waals surface area contributed by atoms with Gasteiger partial charge in [-0.2, -0.15) is 0 Å². The van der Waals surface area contributed by atoms with Crippen LogP contribution in [0.2, 0.25) is 0 Å². The number of amides is 1. The smallest absolute Gasteiger partial charge is 0.269 e. The molecule has 0 N–H and O–H groups in total. The van der Waals surface area contributed by atoms with Crippen molar-refractivity contribution < 1.29 is 9.18 Å². The molecule has 2 aromatic heterocycles. The minimum Gasteiger partial charge on any atom is -0.296 e. The number of carbonyl (C=O) groups is 1. The summed E-state index contributed by atoms with van der Waals surface area (Å²) in [6.07, 6.45) is 1.23. The fourth-order valence-corrected chi connectivity index (χ4v) is 4.52. The molecule has 0 bridgehead atoms. The van der Waals surface area contributed by atoms with E-state index in [-0.39, 0.29) is 23.8 Å². The van der Waals surface area contributed by atoms with Crippen molar-refractivity contribution in [2.45, 2.75) is 13.1 Å². The Morgan fingerprint density at radius 1 is 0.971 bits per heavy atom. The van der Waals surface area contributed by atoms with Crippen LogP contribution in [0.1, 0.15) is 5.56 Å². The molecule has 0 radical (unpaired) electrons. The molecule has 6 nitrogen and oxygen atoms in total. The molecule has 0 spiro atoms. The van der Waals surface area contributed by atoms with Crippen LogP contribution >= 0.6 is 11.3 Å². The van der Waals surface area contributed by atoms with Crippen molar-refractivity contribution in [3.8, 4) is 11.3 Å². The second-order valence-corrected chi connectivity index (χ2v) is 8.50. The van der Waals surface area contributed by atoms with Gasteiger partial charge in [0.05, 0.1) is 29.5 Å². The van der Waals surface area contributed by atoms with E-state index < -0.39 is 0 Å². The first-order valence-electron chi connectivity index (χ1n) is 10.6. The number of halogens is 1. The molecule has 0 saturated heterocycles. The molecule has 0 aliphatic rings. The molecule has 168 valence electrons. The van der Waals surface area contributed by atoms with Gasteiger partial charge in [-0.3, -0.25) is 19.1 Å². The Morgan fingerprint density at radius 2 is 1.71 bits per heavy atom. The lowest BCUT2D eigenvalue weighted by Gasteiger charge is -2.21. The number of aromatic nitrogens is 3. The maximum Gasteiger partial charge on any atom is 0.269 e. The summed E-state index contributed by atoms with van der Waals surface area (Å²) in [6, 6.07) is 22.9. The standard InChI is InChI=1S/C26H19FN4O2S/c27-20-12-10-19(11-13-20)22-17-34-26(29-22)31(15-18-6-2-1-3-7-18)25(33)16-30-23-9-5-4-8-21(23)28-14-24(30)32/h1-14,17H,15-16H2. The molecule has 8 heteroatoms. The highest BCUT2D eigenvalue weighted by Crippen LogP contribution is 2.29. The van der Waals surface area contributed by atoms with E-state index in [1.54, 1.807) is 29.2 Å². The van der Waals surface area contributed by atoms with E-state index in [1.165, 1.54) is 34.2 Å². The van der Waals surface area contributed by atoms with Crippen LogP contribution < -0.4 is 10.5 Å². The average Bonchev–Trinajstić information content (AvgIpc) is 3.35. The Kier molecular flexibility index (Phi) is 5.97. The van der Waals surface area contributed by atoms with Crippen LogP contribution in [0.15, 0.2) is 95.2 Å². The topological polar surface area (TPSA) is 68.1 Å². The number of benzene rings is 3. The summed E-state index contributed by atoms with van der Waals surface area (Å²) in [7, 11) is 0. The number of anilines is 1. The average molecular weight is 471 g/mol. The van der Waals surface area contributed by atoms with Gasteiger partial charge in [-0.1, -0.05) is 42.5 Å². The van der Waals surface area contributed by atoms with Crippen molar-refractivity contribution in [2.75, 3.05) is 4.90 Å². The summed E-state index contributed by atoms with van der Waals surface area (Å²) in [5.41, 5.74) is 3.22. The zero-order chi connectivity index (χ0) is 23.5. The van der Waals surface area contributed by atoms with Crippen LogP contribution in [0.4, 0.5) is 9.52 Å². The number of hydrogen-bond acceptors (Lipinski definition) is 5. The first kappa shape index (κ1) is 21.7. The number of nitrogens with zero attached hydrogens (tertiary/aromatic N) is 4. The number of rotatable bonds is 6. The summed E-state index contributed by atoms with van der Waals surface area (Å²) in [4.78, 5) is 36.6. The quantitative estimate of drug-likeness (QED) is 0.354. The van der Waals surface area contributed by atoms with Crippen molar-refractivity contribution in [3.05, 3.63) is 112 Å². The van der Waals surface area contributed by atoms with Crippen molar-refractivity contribution >= 4 is 33.4 Å². The Bertz CT molecular complexity index is 1510. The maximum absolute atomic E-state index is 13.6. The van der Waals surface area contributed by atoms with Gasteiger partial charge < -0.3 is 0 Å². The summed E-state index contributed by atoms with van der Waals surface area (Å²) in [5, 5.41) is 2.33. The zero-order valence-electron chi connectivity index (χ0n) is 18.0. The van der Waals surface area contributed by atoms with Crippen LogP contribution in [0.25, 0.3) is 22.3 Å². The summed E-state index contributed by atoms with van der Waals surface area (Å²) in [6.45, 7) is 0.147. The second-order valence-electron chi connectivity index (χ2n) is 7.66. The van der Waals surface area contributed by atoms with Crippen molar-refractivity contribution in [2.24, 2.45) is 0 Å². The predicted molar refractivity (Wildman–Crippen MR) is 131 cm³/mol. The zero-order valence-corrected chi connectivity index (χ0v) is 18.8. The molecule has 0 atom stereocenters. The molecule has 0 aliphatic carbocycles. The second kappa shape index (κ2) is 9.36. The summed E-state index contributed by atoms with van der Waals surface area (Å²) < 4.78 is 14.8. The maximum atomic E-state index is 13.6. The lowest BCUT2D eigenvalue weighted by Crippen LogP contribution is -2.36. The fourth-order valence-electron chi connectivity index (χ4n) is 3.67. The summed E-state index contributed by atoms with van der Waals surface area (Å²) in [5.74, 6) is -0.600. The van der Waals surface area contributed by atoms with E-state index in [1.807, 2.05) is 47.8 Å². The van der Waals surface area contributed by atoms with E-state index in [9.17, 15) is 14.0 Å². The summed E-state index contributed by atoms with van der Waals surface area (Å²) >= 11 is 1.32. The van der Waals surface area contributed by atoms with Crippen molar-refractivity contribution in [3.63, 3.8) is 0 Å². The van der Waals surface area contributed by atoms with Crippen molar-refractivity contribution in [1.29, 1.82) is 0 Å². The highest BCUT2D eigenvalue weighted by Gasteiger charge is 2.22.